The molecule has 0 saturated carbocycles. The van der Waals surface area contributed by atoms with Crippen molar-refractivity contribution in [3.05, 3.63) is 100 Å². The Bertz CT molecular complexity index is 1460. The van der Waals surface area contributed by atoms with Gasteiger partial charge in [0.2, 0.25) is 11.8 Å². The fourth-order valence-electron chi connectivity index (χ4n) is 4.03. The third-order valence-electron chi connectivity index (χ3n) is 6.71. The highest BCUT2D eigenvalue weighted by Crippen LogP contribution is 2.27. The molecule has 0 aliphatic carbocycles. The lowest BCUT2D eigenvalue weighted by Gasteiger charge is -2.32. The quantitative estimate of drug-likeness (QED) is 0.255. The van der Waals surface area contributed by atoms with Gasteiger partial charge in [-0.3, -0.25) is 24.0 Å². The molecule has 10 nitrogen and oxygen atoms in total. The van der Waals surface area contributed by atoms with Gasteiger partial charge in [0, 0.05) is 24.7 Å². The van der Waals surface area contributed by atoms with Crippen molar-refractivity contribution in [2.75, 3.05) is 10.8 Å². The van der Waals surface area contributed by atoms with Gasteiger partial charge in [0.1, 0.15) is 12.6 Å². The molecule has 0 bridgehead atoms. The van der Waals surface area contributed by atoms with E-state index in [1.54, 1.807) is 25.1 Å². The van der Waals surface area contributed by atoms with Crippen molar-refractivity contribution in [1.82, 2.24) is 10.2 Å². The second kappa shape index (κ2) is 13.2. The maximum absolute atomic E-state index is 13.9. The van der Waals surface area contributed by atoms with Crippen LogP contribution in [-0.4, -0.2) is 48.7 Å². The maximum atomic E-state index is 13.9. The molecule has 1 N–H and O–H groups in total. The predicted molar refractivity (Wildman–Crippen MR) is 153 cm³/mol. The minimum atomic E-state index is -4.31. The smallest absolute Gasteiger partial charge is 0.271 e. The molecule has 3 rings (SSSR count). The number of nitrogens with zero attached hydrogens (tertiary/aromatic N) is 3. The Morgan fingerprint density at radius 2 is 1.62 bits per heavy atom. The van der Waals surface area contributed by atoms with Gasteiger partial charge in [-0.1, -0.05) is 55.5 Å². The van der Waals surface area contributed by atoms with E-state index < -0.39 is 33.4 Å². The van der Waals surface area contributed by atoms with E-state index in [4.69, 9.17) is 0 Å². The number of carbonyl (C=O) groups is 2. The number of nitro benzene ring substituents is 1. The number of carbonyl (C=O) groups excluding carboxylic acids is 2. The van der Waals surface area contributed by atoms with Crippen LogP contribution in [0.2, 0.25) is 0 Å². The van der Waals surface area contributed by atoms with Gasteiger partial charge in [-0.25, -0.2) is 8.42 Å². The Morgan fingerprint density at radius 1 is 0.975 bits per heavy atom. The molecule has 0 aliphatic rings. The number of nitro groups is 1. The Kier molecular flexibility index (Phi) is 10.0. The van der Waals surface area contributed by atoms with Gasteiger partial charge in [-0.05, 0) is 56.5 Å². The molecule has 2 atom stereocenters. The van der Waals surface area contributed by atoms with E-state index in [1.165, 1.54) is 35.2 Å². The highest BCUT2D eigenvalue weighted by Gasteiger charge is 2.33. The van der Waals surface area contributed by atoms with E-state index in [0.717, 1.165) is 21.5 Å². The molecule has 3 aromatic carbocycles. The molecule has 3 aromatic rings. The molecule has 212 valence electrons. The molecule has 11 heteroatoms. The molecule has 0 aromatic heterocycles. The number of hydrogen-bond donors (Lipinski definition) is 1. The highest BCUT2D eigenvalue weighted by molar-refractivity contribution is 7.92. The normalized spacial score (nSPS) is 12.7. The number of benzene rings is 3. The van der Waals surface area contributed by atoms with Gasteiger partial charge in [-0.15, -0.1) is 0 Å². The van der Waals surface area contributed by atoms with Gasteiger partial charge >= 0.3 is 0 Å². The van der Waals surface area contributed by atoms with Crippen LogP contribution in [-0.2, 0) is 26.2 Å². The summed E-state index contributed by atoms with van der Waals surface area (Å²) in [5.74, 6) is -1.01. The molecular formula is C29H34N4O6S. The molecule has 0 radical (unpaired) electrons. The topological polar surface area (TPSA) is 130 Å². The van der Waals surface area contributed by atoms with Crippen LogP contribution in [0.5, 0.6) is 0 Å². The van der Waals surface area contributed by atoms with Crippen LogP contribution in [0.25, 0.3) is 0 Å². The summed E-state index contributed by atoms with van der Waals surface area (Å²) in [6.45, 7) is 6.65. The van der Waals surface area contributed by atoms with Crippen LogP contribution >= 0.6 is 0 Å². The molecule has 0 saturated heterocycles. The molecule has 0 spiro atoms. The lowest BCUT2D eigenvalue weighted by Crippen LogP contribution is -2.52. The predicted octanol–water partition coefficient (Wildman–Crippen LogP) is 4.43. The van der Waals surface area contributed by atoms with Crippen LogP contribution in [0, 0.1) is 17.0 Å². The second-order valence-electron chi connectivity index (χ2n) is 9.54. The monoisotopic (exact) mass is 566 g/mol. The number of rotatable bonds is 12. The SMILES string of the molecule is CCC(C)NC(=O)C(C)N(Cc1ccccc1C)C(=O)CN(c1cccc([N+](=O)[O-])c1)S(=O)(=O)c1ccccc1. The summed E-state index contributed by atoms with van der Waals surface area (Å²) in [7, 11) is -4.31. The van der Waals surface area contributed by atoms with Crippen molar-refractivity contribution in [1.29, 1.82) is 0 Å². The van der Waals surface area contributed by atoms with E-state index in [1.807, 2.05) is 45.0 Å². The Labute approximate surface area is 234 Å². The molecule has 2 amide bonds. The van der Waals surface area contributed by atoms with Crippen LogP contribution < -0.4 is 9.62 Å². The van der Waals surface area contributed by atoms with E-state index in [-0.39, 0.29) is 34.8 Å². The van der Waals surface area contributed by atoms with E-state index in [0.29, 0.717) is 6.42 Å². The average molecular weight is 567 g/mol. The molecule has 0 fully saturated rings. The Balaban J connectivity index is 2.07. The number of sulfonamides is 1. The molecule has 2 unspecified atom stereocenters. The average Bonchev–Trinajstić information content (AvgIpc) is 2.95. The number of amides is 2. The van der Waals surface area contributed by atoms with E-state index >= 15 is 0 Å². The first-order valence-corrected chi connectivity index (χ1v) is 14.4. The van der Waals surface area contributed by atoms with Crippen molar-refractivity contribution in [2.45, 2.75) is 57.6 Å². The van der Waals surface area contributed by atoms with Crippen molar-refractivity contribution in [3.63, 3.8) is 0 Å². The number of non-ortho nitro benzene ring substituents is 1. The highest BCUT2D eigenvalue weighted by atomic mass is 32.2. The maximum Gasteiger partial charge on any atom is 0.271 e. The zero-order valence-electron chi connectivity index (χ0n) is 23.0. The first-order chi connectivity index (χ1) is 18.9. The van der Waals surface area contributed by atoms with E-state index in [2.05, 4.69) is 5.32 Å². The second-order valence-corrected chi connectivity index (χ2v) is 11.4. The summed E-state index contributed by atoms with van der Waals surface area (Å²) in [4.78, 5) is 39.1. The minimum Gasteiger partial charge on any atom is -0.352 e. The summed E-state index contributed by atoms with van der Waals surface area (Å²) >= 11 is 0. The number of nitrogens with one attached hydrogen (secondary N) is 1. The molecule has 0 aliphatic heterocycles. The van der Waals surface area contributed by atoms with Gasteiger partial charge in [-0.2, -0.15) is 0 Å². The Hall–Kier alpha value is -4.25. The molecule has 40 heavy (non-hydrogen) atoms. The molecular weight excluding hydrogens is 532 g/mol. The first-order valence-electron chi connectivity index (χ1n) is 12.9. The summed E-state index contributed by atoms with van der Waals surface area (Å²) in [6.07, 6.45) is 0.695. The number of hydrogen-bond acceptors (Lipinski definition) is 6. The van der Waals surface area contributed by atoms with Crippen molar-refractivity contribution in [2.24, 2.45) is 0 Å². The first kappa shape index (κ1) is 30.3. The van der Waals surface area contributed by atoms with Gasteiger partial charge in [0.25, 0.3) is 15.7 Å². The van der Waals surface area contributed by atoms with Crippen molar-refractivity contribution >= 4 is 33.2 Å². The lowest BCUT2D eigenvalue weighted by atomic mass is 10.1. The van der Waals surface area contributed by atoms with Crippen LogP contribution in [0.3, 0.4) is 0 Å². The summed E-state index contributed by atoms with van der Waals surface area (Å²) < 4.78 is 28.4. The van der Waals surface area contributed by atoms with Gasteiger partial charge in [0.05, 0.1) is 15.5 Å². The number of aryl methyl sites for hydroxylation is 1. The zero-order valence-corrected chi connectivity index (χ0v) is 23.8. The summed E-state index contributed by atoms with van der Waals surface area (Å²) in [5, 5.41) is 14.3. The third-order valence-corrected chi connectivity index (χ3v) is 8.50. The van der Waals surface area contributed by atoms with Gasteiger partial charge in [0.15, 0.2) is 0 Å². The lowest BCUT2D eigenvalue weighted by molar-refractivity contribution is -0.384. The summed E-state index contributed by atoms with van der Waals surface area (Å²) in [5.41, 5.74) is 1.34. The van der Waals surface area contributed by atoms with Gasteiger partial charge < -0.3 is 10.2 Å². The minimum absolute atomic E-state index is 0.0426. The van der Waals surface area contributed by atoms with Crippen molar-refractivity contribution < 1.29 is 22.9 Å². The molecule has 0 heterocycles. The fraction of sp³-hybridized carbons (Fsp3) is 0.310. The van der Waals surface area contributed by atoms with Crippen LogP contribution in [0.1, 0.15) is 38.3 Å². The van der Waals surface area contributed by atoms with Crippen molar-refractivity contribution in [3.8, 4) is 0 Å². The van der Waals surface area contributed by atoms with Crippen LogP contribution in [0.4, 0.5) is 11.4 Å². The number of anilines is 1. The standard InChI is InChI=1S/C29H34N4O6S/c1-5-22(3)30-29(35)23(4)31(19-24-13-10-9-12-21(24)2)28(34)20-32(25-14-11-15-26(18-25)33(36)37)40(38,39)27-16-7-6-8-17-27/h6-18,22-23H,5,19-20H2,1-4H3,(H,30,35). The summed E-state index contributed by atoms with van der Waals surface area (Å²) in [6, 6.07) is 19.0. The van der Waals surface area contributed by atoms with Crippen LogP contribution in [0.15, 0.2) is 83.8 Å². The van der Waals surface area contributed by atoms with E-state index in [9.17, 15) is 28.1 Å². The fourth-order valence-corrected chi connectivity index (χ4v) is 5.46. The Morgan fingerprint density at radius 3 is 2.25 bits per heavy atom. The zero-order chi connectivity index (χ0) is 29.4. The third kappa shape index (κ3) is 7.23. The largest absolute Gasteiger partial charge is 0.352 e.